The van der Waals surface area contributed by atoms with Gasteiger partial charge in [-0.1, -0.05) is 6.07 Å². The minimum absolute atomic E-state index is 0.322. The first-order valence-corrected chi connectivity index (χ1v) is 6.91. The third-order valence-electron chi connectivity index (χ3n) is 3.09. The maximum Gasteiger partial charge on any atom is 0.254 e. The van der Waals surface area contributed by atoms with E-state index in [0.29, 0.717) is 11.8 Å². The van der Waals surface area contributed by atoms with Gasteiger partial charge >= 0.3 is 0 Å². The van der Waals surface area contributed by atoms with E-state index >= 15 is 0 Å². The summed E-state index contributed by atoms with van der Waals surface area (Å²) in [6.45, 7) is 1.43. The summed E-state index contributed by atoms with van der Waals surface area (Å²) >= 11 is 0. The van der Waals surface area contributed by atoms with Crippen molar-refractivity contribution in [3.05, 3.63) is 65.5 Å². The Bertz CT molecular complexity index is 708. The summed E-state index contributed by atoms with van der Waals surface area (Å²) in [6, 6.07) is 7.59. The summed E-state index contributed by atoms with van der Waals surface area (Å²) in [5.41, 5.74) is 0.355. The van der Waals surface area contributed by atoms with Crippen LogP contribution >= 0.6 is 0 Å². The second-order valence-corrected chi connectivity index (χ2v) is 4.85. The van der Waals surface area contributed by atoms with Crippen LogP contribution in [0.5, 0.6) is 0 Å². The van der Waals surface area contributed by atoms with Gasteiger partial charge in [0, 0.05) is 12.3 Å². The fraction of sp³-hybridized carbons (Fsp3) is 0.188. The lowest BCUT2D eigenvalue weighted by atomic mass is 10.2. The van der Waals surface area contributed by atoms with E-state index < -0.39 is 23.4 Å². The molecule has 1 aromatic carbocycles. The minimum Gasteiger partial charge on any atom is -0.346 e. The average molecular weight is 319 g/mol. The molecule has 1 unspecified atom stereocenters. The predicted octanol–water partition coefficient (Wildman–Crippen LogP) is 1.97. The molecule has 0 spiro atoms. The van der Waals surface area contributed by atoms with Gasteiger partial charge in [0.2, 0.25) is 5.91 Å². The molecule has 0 aliphatic carbocycles. The van der Waals surface area contributed by atoms with Crippen molar-refractivity contribution in [2.45, 2.75) is 13.0 Å². The Hall–Kier alpha value is -2.83. The molecule has 1 atom stereocenters. The monoisotopic (exact) mass is 319 g/mol. The van der Waals surface area contributed by atoms with Crippen LogP contribution in [-0.4, -0.2) is 23.3 Å². The number of aromatic nitrogens is 1. The van der Waals surface area contributed by atoms with E-state index in [2.05, 4.69) is 15.6 Å². The van der Waals surface area contributed by atoms with Crippen molar-refractivity contribution >= 4 is 11.8 Å². The highest BCUT2D eigenvalue weighted by Crippen LogP contribution is 2.09. The zero-order valence-corrected chi connectivity index (χ0v) is 12.3. The fourth-order valence-corrected chi connectivity index (χ4v) is 1.93. The van der Waals surface area contributed by atoms with E-state index in [0.717, 1.165) is 12.1 Å². The summed E-state index contributed by atoms with van der Waals surface area (Å²) in [5.74, 6) is -2.99. The van der Waals surface area contributed by atoms with Crippen LogP contribution in [0.1, 0.15) is 29.0 Å². The Labute approximate surface area is 131 Å². The van der Waals surface area contributed by atoms with E-state index in [-0.39, 0.29) is 18.2 Å². The summed E-state index contributed by atoms with van der Waals surface area (Å²) in [4.78, 5) is 27.7. The van der Waals surface area contributed by atoms with Crippen molar-refractivity contribution in [3.63, 3.8) is 0 Å². The molecule has 1 heterocycles. The molecule has 120 valence electrons. The first kappa shape index (κ1) is 16.5. The number of carbonyl (C=O) groups excluding carboxylic acids is 2. The Balaban J connectivity index is 1.88. The number of hydrogen-bond donors (Lipinski definition) is 2. The van der Waals surface area contributed by atoms with Crippen LogP contribution in [0.3, 0.4) is 0 Å². The second-order valence-electron chi connectivity index (χ2n) is 4.85. The normalized spacial score (nSPS) is 11.6. The molecular formula is C16H15F2N3O2. The molecule has 2 N–H and O–H groups in total. The molecule has 23 heavy (non-hydrogen) atoms. The Morgan fingerprint density at radius 1 is 1.22 bits per heavy atom. The second kappa shape index (κ2) is 7.44. The van der Waals surface area contributed by atoms with Gasteiger partial charge in [-0.3, -0.25) is 14.6 Å². The van der Waals surface area contributed by atoms with Crippen LogP contribution in [0.4, 0.5) is 8.78 Å². The highest BCUT2D eigenvalue weighted by atomic mass is 19.1. The summed E-state index contributed by atoms with van der Waals surface area (Å²) in [6.07, 6.45) is 1.61. The van der Waals surface area contributed by atoms with Gasteiger partial charge in [0.15, 0.2) is 0 Å². The number of pyridine rings is 1. The van der Waals surface area contributed by atoms with Crippen LogP contribution in [0, 0.1) is 11.6 Å². The largest absolute Gasteiger partial charge is 0.346 e. The quantitative estimate of drug-likeness (QED) is 0.885. The van der Waals surface area contributed by atoms with Crippen molar-refractivity contribution in [1.29, 1.82) is 0 Å². The van der Waals surface area contributed by atoms with Gasteiger partial charge in [0.25, 0.3) is 5.91 Å². The lowest BCUT2D eigenvalue weighted by molar-refractivity contribution is -0.120. The number of carbonyl (C=O) groups is 2. The molecule has 0 saturated heterocycles. The molecule has 0 bridgehead atoms. The van der Waals surface area contributed by atoms with E-state index in [1.54, 1.807) is 31.3 Å². The van der Waals surface area contributed by atoms with Gasteiger partial charge in [0.1, 0.15) is 11.6 Å². The fourth-order valence-electron chi connectivity index (χ4n) is 1.93. The van der Waals surface area contributed by atoms with Crippen LogP contribution < -0.4 is 10.6 Å². The van der Waals surface area contributed by atoms with Crippen LogP contribution in [0.25, 0.3) is 0 Å². The Kier molecular flexibility index (Phi) is 5.35. The average Bonchev–Trinajstić information content (AvgIpc) is 2.53. The molecule has 0 fully saturated rings. The molecule has 0 saturated carbocycles. The van der Waals surface area contributed by atoms with Gasteiger partial charge in [-0.15, -0.1) is 0 Å². The van der Waals surface area contributed by atoms with Crippen LogP contribution in [-0.2, 0) is 4.79 Å². The molecule has 2 aromatic rings. The number of nitrogens with zero attached hydrogens (tertiary/aromatic N) is 1. The number of hydrogen-bond acceptors (Lipinski definition) is 3. The highest BCUT2D eigenvalue weighted by Gasteiger charge is 2.15. The van der Waals surface area contributed by atoms with Crippen molar-refractivity contribution in [2.75, 3.05) is 6.54 Å². The summed E-state index contributed by atoms with van der Waals surface area (Å²) in [7, 11) is 0. The lowest BCUT2D eigenvalue weighted by Crippen LogP contribution is -2.38. The van der Waals surface area contributed by atoms with Crippen molar-refractivity contribution in [1.82, 2.24) is 15.6 Å². The standard InChI is InChI=1S/C16H15F2N3O2/c1-10(14-4-2-3-7-19-14)21-15(22)9-20-16(23)12-6-5-11(17)8-13(12)18/h2-8,10H,9H2,1H3,(H,20,23)(H,21,22). The molecule has 7 heteroatoms. The van der Waals surface area contributed by atoms with Crippen molar-refractivity contribution < 1.29 is 18.4 Å². The first-order chi connectivity index (χ1) is 11.0. The first-order valence-electron chi connectivity index (χ1n) is 6.91. The molecular weight excluding hydrogens is 304 g/mol. The third kappa shape index (κ3) is 4.57. The smallest absolute Gasteiger partial charge is 0.254 e. The third-order valence-corrected chi connectivity index (χ3v) is 3.09. The molecule has 1 aromatic heterocycles. The number of rotatable bonds is 5. The van der Waals surface area contributed by atoms with E-state index in [9.17, 15) is 18.4 Å². The summed E-state index contributed by atoms with van der Waals surface area (Å²) in [5, 5.41) is 4.94. The van der Waals surface area contributed by atoms with Gasteiger partial charge in [-0.25, -0.2) is 8.78 Å². The van der Waals surface area contributed by atoms with Crippen LogP contribution in [0.15, 0.2) is 42.6 Å². The SMILES string of the molecule is CC(NC(=O)CNC(=O)c1ccc(F)cc1F)c1ccccn1. The van der Waals surface area contributed by atoms with E-state index in [4.69, 9.17) is 0 Å². The van der Waals surface area contributed by atoms with Crippen molar-refractivity contribution in [2.24, 2.45) is 0 Å². The van der Waals surface area contributed by atoms with E-state index in [1.807, 2.05) is 0 Å². The maximum atomic E-state index is 13.4. The molecule has 2 rings (SSSR count). The maximum absolute atomic E-state index is 13.4. The predicted molar refractivity (Wildman–Crippen MR) is 79.5 cm³/mol. The van der Waals surface area contributed by atoms with Gasteiger partial charge in [-0.05, 0) is 31.2 Å². The molecule has 5 nitrogen and oxygen atoms in total. The van der Waals surface area contributed by atoms with Gasteiger partial charge < -0.3 is 10.6 Å². The van der Waals surface area contributed by atoms with E-state index in [1.165, 1.54) is 0 Å². The van der Waals surface area contributed by atoms with Gasteiger partial charge in [-0.2, -0.15) is 0 Å². The zero-order valence-electron chi connectivity index (χ0n) is 12.3. The number of benzene rings is 1. The molecule has 2 amide bonds. The van der Waals surface area contributed by atoms with Gasteiger partial charge in [0.05, 0.1) is 23.8 Å². The minimum atomic E-state index is -0.982. The zero-order chi connectivity index (χ0) is 16.8. The Morgan fingerprint density at radius 3 is 2.65 bits per heavy atom. The topological polar surface area (TPSA) is 71.1 Å². The van der Waals surface area contributed by atoms with Crippen molar-refractivity contribution in [3.8, 4) is 0 Å². The Morgan fingerprint density at radius 2 is 2.00 bits per heavy atom. The number of halogens is 2. The molecule has 0 radical (unpaired) electrons. The summed E-state index contributed by atoms with van der Waals surface area (Å²) < 4.78 is 26.2. The van der Waals surface area contributed by atoms with Crippen LogP contribution in [0.2, 0.25) is 0 Å². The lowest BCUT2D eigenvalue weighted by Gasteiger charge is -2.13. The molecule has 0 aliphatic rings. The highest BCUT2D eigenvalue weighted by molar-refractivity contribution is 5.96. The molecule has 0 aliphatic heterocycles. The number of amides is 2. The number of nitrogens with one attached hydrogen (secondary N) is 2.